The zero-order chi connectivity index (χ0) is 13.8. The normalized spacial score (nSPS) is 17.8. The first-order chi connectivity index (χ1) is 9.11. The highest BCUT2D eigenvalue weighted by molar-refractivity contribution is 5.54. The molecule has 0 saturated heterocycles. The summed E-state index contributed by atoms with van der Waals surface area (Å²) in [5.41, 5.74) is 1.02. The lowest BCUT2D eigenvalue weighted by atomic mass is 9.83. The van der Waals surface area contributed by atoms with Crippen LogP contribution in [0.5, 0.6) is 0 Å². The molecule has 0 aliphatic heterocycles. The molecule has 1 aromatic carbocycles. The van der Waals surface area contributed by atoms with Crippen LogP contribution in [0.1, 0.15) is 37.7 Å². The zero-order valence-corrected chi connectivity index (χ0v) is 10.6. The predicted octanol–water partition coefficient (Wildman–Crippen LogP) is 4.06. The number of aliphatic hydroxyl groups excluding tert-OH is 1. The third-order valence-corrected chi connectivity index (χ3v) is 3.67. The minimum absolute atomic E-state index is 0.134. The summed E-state index contributed by atoms with van der Waals surface area (Å²) in [6, 6.07) is 1.91. The lowest BCUT2D eigenvalue weighted by Gasteiger charge is -2.23. The van der Waals surface area contributed by atoms with E-state index in [1.165, 1.54) is 6.42 Å². The average Bonchev–Trinajstić information content (AvgIpc) is 2.43. The lowest BCUT2D eigenvalue weighted by molar-refractivity contribution is 0.295. The van der Waals surface area contributed by atoms with Crippen LogP contribution in [0.25, 0.3) is 6.08 Å². The van der Waals surface area contributed by atoms with Gasteiger partial charge in [-0.1, -0.05) is 25.3 Å². The van der Waals surface area contributed by atoms with Crippen LogP contribution in [0.3, 0.4) is 0 Å². The van der Waals surface area contributed by atoms with Gasteiger partial charge in [0.05, 0.1) is 6.61 Å². The molecule has 0 aromatic heterocycles. The van der Waals surface area contributed by atoms with Crippen molar-refractivity contribution in [2.75, 3.05) is 6.61 Å². The van der Waals surface area contributed by atoms with Crippen molar-refractivity contribution in [2.45, 2.75) is 32.1 Å². The second-order valence-electron chi connectivity index (χ2n) is 5.01. The van der Waals surface area contributed by atoms with Gasteiger partial charge in [-0.3, -0.25) is 0 Å². The fraction of sp³-hybridized carbons (Fsp3) is 0.467. The highest BCUT2D eigenvalue weighted by Crippen LogP contribution is 2.30. The van der Waals surface area contributed by atoms with Crippen LogP contribution in [-0.2, 0) is 0 Å². The lowest BCUT2D eigenvalue weighted by Crippen LogP contribution is -2.11. The number of hydrogen-bond acceptors (Lipinski definition) is 1. The second-order valence-corrected chi connectivity index (χ2v) is 5.01. The monoisotopic (exact) mass is 270 g/mol. The minimum atomic E-state index is -1.46. The molecule has 0 radical (unpaired) electrons. The molecule has 1 aliphatic rings. The fourth-order valence-electron chi connectivity index (χ4n) is 2.64. The Labute approximate surface area is 110 Å². The zero-order valence-electron chi connectivity index (χ0n) is 10.6. The molecule has 4 heteroatoms. The first kappa shape index (κ1) is 14.1. The van der Waals surface area contributed by atoms with Gasteiger partial charge in [-0.05, 0) is 42.0 Å². The van der Waals surface area contributed by atoms with E-state index in [0.29, 0.717) is 0 Å². The molecule has 1 fully saturated rings. The summed E-state index contributed by atoms with van der Waals surface area (Å²) in [7, 11) is 0. The number of rotatable bonds is 3. The van der Waals surface area contributed by atoms with E-state index < -0.39 is 17.5 Å². The summed E-state index contributed by atoms with van der Waals surface area (Å²) in [5, 5.41) is 9.40. The predicted molar refractivity (Wildman–Crippen MR) is 68.0 cm³/mol. The second kappa shape index (κ2) is 6.24. The summed E-state index contributed by atoms with van der Waals surface area (Å²) in [6.45, 7) is -0.134. The van der Waals surface area contributed by atoms with Crippen LogP contribution in [-0.4, -0.2) is 11.7 Å². The van der Waals surface area contributed by atoms with Gasteiger partial charge in [0.15, 0.2) is 17.5 Å². The summed E-state index contributed by atoms with van der Waals surface area (Å²) < 4.78 is 39.1. The van der Waals surface area contributed by atoms with E-state index in [4.69, 9.17) is 0 Å². The van der Waals surface area contributed by atoms with Crippen molar-refractivity contribution in [3.05, 3.63) is 40.7 Å². The Kier molecular flexibility index (Phi) is 4.64. The Bertz CT molecular complexity index is 453. The number of halogens is 3. The van der Waals surface area contributed by atoms with Crippen LogP contribution in [0.15, 0.2) is 17.7 Å². The first-order valence-electron chi connectivity index (χ1n) is 6.57. The minimum Gasteiger partial charge on any atom is -0.392 e. The Morgan fingerprint density at radius 3 is 2.21 bits per heavy atom. The summed E-state index contributed by atoms with van der Waals surface area (Å²) in [6.07, 6.45) is 6.94. The van der Waals surface area contributed by atoms with Crippen molar-refractivity contribution in [2.24, 2.45) is 5.92 Å². The van der Waals surface area contributed by atoms with E-state index >= 15 is 0 Å². The molecule has 0 bridgehead atoms. The molecule has 2 rings (SSSR count). The van der Waals surface area contributed by atoms with E-state index in [0.717, 1.165) is 43.4 Å². The molecule has 0 amide bonds. The molecule has 1 saturated carbocycles. The van der Waals surface area contributed by atoms with Crippen LogP contribution in [0, 0.1) is 23.4 Å². The maximum atomic E-state index is 13.1. The molecule has 0 spiro atoms. The van der Waals surface area contributed by atoms with Gasteiger partial charge in [0.25, 0.3) is 0 Å². The van der Waals surface area contributed by atoms with Gasteiger partial charge < -0.3 is 5.11 Å². The third-order valence-electron chi connectivity index (χ3n) is 3.67. The van der Waals surface area contributed by atoms with Crippen molar-refractivity contribution >= 4 is 6.08 Å². The van der Waals surface area contributed by atoms with Crippen molar-refractivity contribution in [3.8, 4) is 0 Å². The molecule has 1 aliphatic carbocycles. The van der Waals surface area contributed by atoms with Crippen LogP contribution in [0.4, 0.5) is 13.2 Å². The molecule has 1 N–H and O–H groups in total. The first-order valence-corrected chi connectivity index (χ1v) is 6.57. The van der Waals surface area contributed by atoms with Gasteiger partial charge in [-0.15, -0.1) is 0 Å². The standard InChI is InChI=1S/C15H17F3O/c16-13-7-10(8-14(17)15(13)18)6-12(9-19)11-4-2-1-3-5-11/h6-8,11,19H,1-5,9H2. The molecule has 0 atom stereocenters. The molecular weight excluding hydrogens is 253 g/mol. The van der Waals surface area contributed by atoms with E-state index in [-0.39, 0.29) is 18.1 Å². The van der Waals surface area contributed by atoms with Crippen LogP contribution in [0.2, 0.25) is 0 Å². The Hall–Kier alpha value is -1.29. The van der Waals surface area contributed by atoms with Crippen molar-refractivity contribution in [1.29, 1.82) is 0 Å². The maximum Gasteiger partial charge on any atom is 0.194 e. The molecule has 0 unspecified atom stereocenters. The van der Waals surface area contributed by atoms with Gasteiger partial charge in [-0.2, -0.15) is 0 Å². The Morgan fingerprint density at radius 1 is 1.11 bits per heavy atom. The maximum absolute atomic E-state index is 13.1. The average molecular weight is 270 g/mol. The van der Waals surface area contributed by atoms with Crippen molar-refractivity contribution in [3.63, 3.8) is 0 Å². The van der Waals surface area contributed by atoms with Gasteiger partial charge in [-0.25, -0.2) is 13.2 Å². The molecule has 1 nitrogen and oxygen atoms in total. The quantitative estimate of drug-likeness (QED) is 0.821. The van der Waals surface area contributed by atoms with Gasteiger partial charge in [0, 0.05) is 0 Å². The van der Waals surface area contributed by atoms with Crippen LogP contribution < -0.4 is 0 Å². The number of aliphatic hydroxyl groups is 1. The number of hydrogen-bond donors (Lipinski definition) is 1. The Morgan fingerprint density at radius 2 is 1.68 bits per heavy atom. The highest BCUT2D eigenvalue weighted by atomic mass is 19.2. The molecule has 104 valence electrons. The summed E-state index contributed by atoms with van der Waals surface area (Å²) in [5.74, 6) is -3.60. The number of benzene rings is 1. The third kappa shape index (κ3) is 3.38. The molecule has 1 aromatic rings. The fourth-order valence-corrected chi connectivity index (χ4v) is 2.64. The van der Waals surface area contributed by atoms with Gasteiger partial charge in [0.1, 0.15) is 0 Å². The van der Waals surface area contributed by atoms with E-state index in [9.17, 15) is 18.3 Å². The topological polar surface area (TPSA) is 20.2 Å². The molecule has 19 heavy (non-hydrogen) atoms. The Balaban J connectivity index is 2.26. The van der Waals surface area contributed by atoms with Gasteiger partial charge in [0.2, 0.25) is 0 Å². The smallest absolute Gasteiger partial charge is 0.194 e. The van der Waals surface area contributed by atoms with E-state index in [1.807, 2.05) is 0 Å². The van der Waals surface area contributed by atoms with Gasteiger partial charge >= 0.3 is 0 Å². The summed E-state index contributed by atoms with van der Waals surface area (Å²) >= 11 is 0. The highest BCUT2D eigenvalue weighted by Gasteiger charge is 2.18. The van der Waals surface area contributed by atoms with E-state index in [2.05, 4.69) is 0 Å². The molecule has 0 heterocycles. The summed E-state index contributed by atoms with van der Waals surface area (Å²) in [4.78, 5) is 0. The molecular formula is C15H17F3O. The van der Waals surface area contributed by atoms with E-state index in [1.54, 1.807) is 6.08 Å². The van der Waals surface area contributed by atoms with Crippen LogP contribution >= 0.6 is 0 Å². The largest absolute Gasteiger partial charge is 0.392 e. The SMILES string of the molecule is OCC(=Cc1cc(F)c(F)c(F)c1)C1CCCCC1. The van der Waals surface area contributed by atoms with Crippen molar-refractivity contribution < 1.29 is 18.3 Å². The van der Waals surface area contributed by atoms with Crippen molar-refractivity contribution in [1.82, 2.24) is 0 Å².